The van der Waals surface area contributed by atoms with Gasteiger partial charge in [0.05, 0.1) is 50.8 Å². The number of para-hydroxylation sites is 2. The third kappa shape index (κ3) is 3.22. The molecule has 4 aromatic rings. The molecule has 144 valence electrons. The van der Waals surface area contributed by atoms with Gasteiger partial charge in [0.1, 0.15) is 0 Å². The van der Waals surface area contributed by atoms with Crippen molar-refractivity contribution in [1.82, 2.24) is 24.7 Å². The maximum Gasteiger partial charge on any atom is 0.254 e. The standard InChI is InChI=1S/C20H23N7O/c1-21-19(28)14-11-13-12-23-20(22-9-10-27(2,3)4)25-17(13)26-16-8-6-5-7-15(16)24-18(14)26/h5-8,11-12H,9-10H2,1-4H3,(H-,21,22,23,24,25,28)/p+1. The smallest absolute Gasteiger partial charge is 0.254 e. The first-order chi connectivity index (χ1) is 13.4. The molecule has 8 heteroatoms. The Bertz CT molecular complexity index is 1190. The van der Waals surface area contributed by atoms with Crippen LogP contribution in [-0.4, -0.2) is 71.0 Å². The SMILES string of the molecule is CNC(=O)c1cc2cnc(NCC[N+](C)(C)C)nc2n2c1nc1ccccc12. The Morgan fingerprint density at radius 2 is 1.93 bits per heavy atom. The van der Waals surface area contributed by atoms with E-state index in [1.165, 1.54) is 0 Å². The summed E-state index contributed by atoms with van der Waals surface area (Å²) >= 11 is 0. The summed E-state index contributed by atoms with van der Waals surface area (Å²) in [4.78, 5) is 26.3. The number of benzene rings is 1. The van der Waals surface area contributed by atoms with E-state index in [1.54, 1.807) is 19.3 Å². The van der Waals surface area contributed by atoms with E-state index in [1.807, 2.05) is 28.7 Å². The van der Waals surface area contributed by atoms with Crippen LogP contribution in [0.15, 0.2) is 36.5 Å². The molecule has 0 saturated carbocycles. The van der Waals surface area contributed by atoms with Gasteiger partial charge in [-0.25, -0.2) is 9.97 Å². The quantitative estimate of drug-likeness (QED) is 0.518. The molecule has 1 amide bonds. The lowest BCUT2D eigenvalue weighted by Gasteiger charge is -2.23. The fraction of sp³-hybridized carbons (Fsp3) is 0.300. The number of nitrogens with one attached hydrogen (secondary N) is 2. The minimum Gasteiger partial charge on any atom is -0.355 e. The number of hydrogen-bond donors (Lipinski definition) is 2. The molecular weight excluding hydrogens is 354 g/mol. The Balaban J connectivity index is 1.90. The summed E-state index contributed by atoms with van der Waals surface area (Å²) in [5.74, 6) is 0.375. The van der Waals surface area contributed by atoms with Gasteiger partial charge in [0.2, 0.25) is 5.95 Å². The average molecular weight is 378 g/mol. The van der Waals surface area contributed by atoms with Gasteiger partial charge in [0, 0.05) is 18.6 Å². The minimum absolute atomic E-state index is 0.188. The van der Waals surface area contributed by atoms with Gasteiger partial charge >= 0.3 is 0 Å². The number of pyridine rings is 1. The molecule has 2 N–H and O–H groups in total. The van der Waals surface area contributed by atoms with Crippen LogP contribution in [0.1, 0.15) is 10.4 Å². The molecular formula is C20H24N7O+. The normalized spacial score (nSPS) is 12.0. The molecule has 3 heterocycles. The van der Waals surface area contributed by atoms with Gasteiger partial charge in [-0.1, -0.05) is 12.1 Å². The van der Waals surface area contributed by atoms with E-state index < -0.39 is 0 Å². The molecule has 0 saturated heterocycles. The van der Waals surface area contributed by atoms with Crippen molar-refractivity contribution < 1.29 is 9.28 Å². The monoisotopic (exact) mass is 378 g/mol. The van der Waals surface area contributed by atoms with E-state index in [9.17, 15) is 4.79 Å². The average Bonchev–Trinajstić information content (AvgIpc) is 3.05. The number of hydrogen-bond acceptors (Lipinski definition) is 5. The number of imidazole rings is 1. The Morgan fingerprint density at radius 3 is 2.68 bits per heavy atom. The van der Waals surface area contributed by atoms with Gasteiger partial charge in [-0.15, -0.1) is 0 Å². The molecule has 4 rings (SSSR count). The number of likely N-dealkylation sites (N-methyl/N-ethyl adjacent to an activating group) is 1. The van der Waals surface area contributed by atoms with Crippen LogP contribution >= 0.6 is 0 Å². The minimum atomic E-state index is -0.188. The highest BCUT2D eigenvalue weighted by atomic mass is 16.1. The summed E-state index contributed by atoms with van der Waals surface area (Å²) in [5.41, 5.74) is 3.53. The van der Waals surface area contributed by atoms with E-state index in [2.05, 4.69) is 41.7 Å². The summed E-state index contributed by atoms with van der Waals surface area (Å²) in [5, 5.41) is 6.77. The first kappa shape index (κ1) is 18.1. The lowest BCUT2D eigenvalue weighted by Crippen LogP contribution is -2.38. The Labute approximate surface area is 162 Å². The van der Waals surface area contributed by atoms with E-state index in [0.29, 0.717) is 17.2 Å². The van der Waals surface area contributed by atoms with Crippen LogP contribution in [0.3, 0.4) is 0 Å². The topological polar surface area (TPSA) is 84.2 Å². The number of fused-ring (bicyclic) bond motifs is 5. The predicted molar refractivity (Wildman–Crippen MR) is 111 cm³/mol. The van der Waals surface area contributed by atoms with Crippen LogP contribution < -0.4 is 10.6 Å². The van der Waals surface area contributed by atoms with Crippen molar-refractivity contribution in [1.29, 1.82) is 0 Å². The van der Waals surface area contributed by atoms with Crippen LogP contribution in [0.4, 0.5) is 5.95 Å². The summed E-state index contributed by atoms with van der Waals surface area (Å²) in [6.07, 6.45) is 1.75. The molecule has 0 radical (unpaired) electrons. The van der Waals surface area contributed by atoms with Crippen molar-refractivity contribution in [3.63, 3.8) is 0 Å². The zero-order valence-electron chi connectivity index (χ0n) is 16.5. The molecule has 0 fully saturated rings. The highest BCUT2D eigenvalue weighted by Crippen LogP contribution is 2.25. The molecule has 0 spiro atoms. The highest BCUT2D eigenvalue weighted by Gasteiger charge is 2.18. The molecule has 0 atom stereocenters. The number of carbonyl (C=O) groups is 1. The summed E-state index contributed by atoms with van der Waals surface area (Å²) in [6, 6.07) is 9.60. The van der Waals surface area contributed by atoms with Gasteiger partial charge in [0.15, 0.2) is 11.3 Å². The van der Waals surface area contributed by atoms with Gasteiger partial charge < -0.3 is 15.1 Å². The van der Waals surface area contributed by atoms with Gasteiger partial charge in [-0.3, -0.25) is 9.20 Å². The maximum absolute atomic E-state index is 12.4. The number of anilines is 1. The number of carbonyl (C=O) groups excluding carboxylic acids is 1. The van der Waals surface area contributed by atoms with Crippen molar-refractivity contribution in [2.75, 3.05) is 46.6 Å². The van der Waals surface area contributed by atoms with Crippen molar-refractivity contribution in [2.24, 2.45) is 0 Å². The summed E-state index contributed by atoms with van der Waals surface area (Å²) < 4.78 is 2.79. The number of rotatable bonds is 5. The van der Waals surface area contributed by atoms with Crippen molar-refractivity contribution in [3.8, 4) is 0 Å². The molecule has 0 aliphatic heterocycles. The summed E-state index contributed by atoms with van der Waals surface area (Å²) in [7, 11) is 8.04. The van der Waals surface area contributed by atoms with Gasteiger partial charge in [-0.2, -0.15) is 4.98 Å². The third-order valence-electron chi connectivity index (χ3n) is 4.65. The largest absolute Gasteiger partial charge is 0.355 e. The van der Waals surface area contributed by atoms with Crippen LogP contribution in [0.25, 0.3) is 27.7 Å². The van der Waals surface area contributed by atoms with Crippen LogP contribution in [0, 0.1) is 0 Å². The molecule has 0 aliphatic carbocycles. The van der Waals surface area contributed by atoms with Crippen LogP contribution in [-0.2, 0) is 0 Å². The lowest BCUT2D eigenvalue weighted by atomic mass is 10.2. The van der Waals surface area contributed by atoms with Crippen molar-refractivity contribution >= 4 is 39.6 Å². The second kappa shape index (κ2) is 6.72. The molecule has 28 heavy (non-hydrogen) atoms. The zero-order valence-corrected chi connectivity index (χ0v) is 16.5. The van der Waals surface area contributed by atoms with Gasteiger partial charge in [0.25, 0.3) is 5.91 Å². The zero-order chi connectivity index (χ0) is 19.9. The second-order valence-electron chi connectivity index (χ2n) is 7.81. The molecule has 3 aromatic heterocycles. The van der Waals surface area contributed by atoms with Crippen molar-refractivity contribution in [2.45, 2.75) is 0 Å². The van der Waals surface area contributed by atoms with E-state index >= 15 is 0 Å². The first-order valence-corrected chi connectivity index (χ1v) is 9.21. The van der Waals surface area contributed by atoms with Gasteiger partial charge in [-0.05, 0) is 18.2 Å². The fourth-order valence-electron chi connectivity index (χ4n) is 3.19. The van der Waals surface area contributed by atoms with E-state index in [0.717, 1.165) is 39.6 Å². The second-order valence-corrected chi connectivity index (χ2v) is 7.81. The van der Waals surface area contributed by atoms with Crippen LogP contribution in [0.2, 0.25) is 0 Å². The van der Waals surface area contributed by atoms with E-state index in [-0.39, 0.29) is 5.91 Å². The van der Waals surface area contributed by atoms with Crippen LogP contribution in [0.5, 0.6) is 0 Å². The molecule has 1 aromatic carbocycles. The number of quaternary nitrogens is 1. The Hall–Kier alpha value is -3.26. The predicted octanol–water partition coefficient (Wildman–Crippen LogP) is 1.91. The molecule has 0 aliphatic rings. The number of amides is 1. The molecule has 0 bridgehead atoms. The first-order valence-electron chi connectivity index (χ1n) is 9.21. The number of nitrogens with zero attached hydrogens (tertiary/aromatic N) is 5. The number of aromatic nitrogens is 4. The molecule has 0 unspecified atom stereocenters. The lowest BCUT2D eigenvalue weighted by molar-refractivity contribution is -0.868. The summed E-state index contributed by atoms with van der Waals surface area (Å²) in [6.45, 7) is 1.71. The fourth-order valence-corrected chi connectivity index (χ4v) is 3.19. The molecule has 8 nitrogen and oxygen atoms in total. The highest BCUT2D eigenvalue weighted by molar-refractivity contribution is 6.05. The Morgan fingerprint density at radius 1 is 1.14 bits per heavy atom. The maximum atomic E-state index is 12.4. The Kier molecular flexibility index (Phi) is 4.35. The van der Waals surface area contributed by atoms with E-state index in [4.69, 9.17) is 4.98 Å². The third-order valence-corrected chi connectivity index (χ3v) is 4.65. The van der Waals surface area contributed by atoms with Crippen molar-refractivity contribution in [3.05, 3.63) is 42.1 Å².